The first kappa shape index (κ1) is 19.7. The number of rotatable bonds is 7. The molecule has 26 heavy (non-hydrogen) atoms. The van der Waals surface area contributed by atoms with Crippen molar-refractivity contribution in [3.8, 4) is 6.07 Å². The lowest BCUT2D eigenvalue weighted by Gasteiger charge is -2.07. The number of aryl methyl sites for hydroxylation is 1. The lowest BCUT2D eigenvalue weighted by atomic mass is 10.1. The van der Waals surface area contributed by atoms with Crippen LogP contribution >= 0.6 is 11.6 Å². The van der Waals surface area contributed by atoms with Crippen molar-refractivity contribution in [2.75, 3.05) is 20.3 Å². The van der Waals surface area contributed by atoms with Crippen LogP contribution in [-0.4, -0.2) is 36.1 Å². The Labute approximate surface area is 157 Å². The molecule has 0 saturated heterocycles. The summed E-state index contributed by atoms with van der Waals surface area (Å²) in [5, 5.41) is 14.4. The number of hydrogen-bond donors (Lipinski definition) is 0. The summed E-state index contributed by atoms with van der Waals surface area (Å²) in [5.41, 5.74) is 3.13. The van der Waals surface area contributed by atoms with Gasteiger partial charge < -0.3 is 9.47 Å². The van der Waals surface area contributed by atoms with Crippen LogP contribution in [0.1, 0.15) is 22.5 Å². The van der Waals surface area contributed by atoms with Crippen LogP contribution in [0, 0.1) is 25.2 Å². The summed E-state index contributed by atoms with van der Waals surface area (Å²) >= 11 is 6.21. The second-order valence-electron chi connectivity index (χ2n) is 5.63. The fraction of sp³-hybridized carbons (Fsp3) is 0.316. The molecule has 7 heteroatoms. The first-order valence-electron chi connectivity index (χ1n) is 8.03. The van der Waals surface area contributed by atoms with Crippen molar-refractivity contribution >= 4 is 23.6 Å². The number of carbonyl (C=O) groups excluding carboxylic acids is 1. The molecule has 2 rings (SSSR count). The molecule has 1 heterocycles. The average Bonchev–Trinajstić information content (AvgIpc) is 2.88. The molecule has 0 amide bonds. The Hall–Kier alpha value is -2.62. The van der Waals surface area contributed by atoms with Gasteiger partial charge in [-0.05, 0) is 31.6 Å². The summed E-state index contributed by atoms with van der Waals surface area (Å²) in [7, 11) is 1.51. The number of nitriles is 1. The minimum Gasteiger partial charge on any atom is -0.459 e. The molecule has 0 saturated carbocycles. The number of aromatic nitrogens is 2. The first-order chi connectivity index (χ1) is 12.5. The third-order valence-corrected chi connectivity index (χ3v) is 4.23. The normalized spacial score (nSPS) is 11.3. The molecule has 0 unspecified atom stereocenters. The highest BCUT2D eigenvalue weighted by Gasteiger charge is 2.16. The number of hydrogen-bond acceptors (Lipinski definition) is 5. The molecule has 0 spiro atoms. The van der Waals surface area contributed by atoms with Crippen LogP contribution < -0.4 is 0 Å². The average molecular weight is 374 g/mol. The number of methoxy groups -OCH3 is 1. The highest BCUT2D eigenvalue weighted by atomic mass is 35.5. The molecule has 0 N–H and O–H groups in total. The van der Waals surface area contributed by atoms with Gasteiger partial charge in [0.15, 0.2) is 0 Å². The third kappa shape index (κ3) is 4.72. The fourth-order valence-corrected chi connectivity index (χ4v) is 2.63. The Morgan fingerprint density at radius 1 is 1.35 bits per heavy atom. The second-order valence-corrected chi connectivity index (χ2v) is 6.04. The SMILES string of the molecule is COCCOC(=O)/C(C#N)=C/c1c(C)nn(Cc2ccccc2Cl)c1C. The minimum atomic E-state index is -0.679. The van der Waals surface area contributed by atoms with Crippen molar-refractivity contribution < 1.29 is 14.3 Å². The predicted molar refractivity (Wildman–Crippen MR) is 98.7 cm³/mol. The van der Waals surface area contributed by atoms with Gasteiger partial charge in [-0.1, -0.05) is 29.8 Å². The van der Waals surface area contributed by atoms with Gasteiger partial charge in [-0.25, -0.2) is 4.79 Å². The van der Waals surface area contributed by atoms with E-state index in [-0.39, 0.29) is 18.8 Å². The molecule has 2 aromatic rings. The standard InChI is InChI=1S/C19H20ClN3O3/c1-13-17(10-16(11-21)19(24)26-9-8-25-3)14(2)23(22-13)12-15-6-4-5-7-18(15)20/h4-7,10H,8-9,12H2,1-3H3/b16-10+. The predicted octanol–water partition coefficient (Wildman–Crippen LogP) is 3.30. The molecular weight excluding hydrogens is 354 g/mol. The Kier molecular flexibility index (Phi) is 6.96. The van der Waals surface area contributed by atoms with Gasteiger partial charge in [0.25, 0.3) is 0 Å². The van der Waals surface area contributed by atoms with Gasteiger partial charge in [-0.2, -0.15) is 10.4 Å². The highest BCUT2D eigenvalue weighted by Crippen LogP contribution is 2.21. The van der Waals surface area contributed by atoms with Gasteiger partial charge in [0.05, 0.1) is 18.8 Å². The largest absolute Gasteiger partial charge is 0.459 e. The lowest BCUT2D eigenvalue weighted by molar-refractivity contribution is -0.139. The zero-order chi connectivity index (χ0) is 19.1. The molecular formula is C19H20ClN3O3. The highest BCUT2D eigenvalue weighted by molar-refractivity contribution is 6.31. The van der Waals surface area contributed by atoms with E-state index in [9.17, 15) is 10.1 Å². The Balaban J connectivity index is 2.27. The fourth-order valence-electron chi connectivity index (χ4n) is 2.44. The number of benzene rings is 1. The lowest BCUT2D eigenvalue weighted by Crippen LogP contribution is -2.11. The first-order valence-corrected chi connectivity index (χ1v) is 8.41. The number of ether oxygens (including phenoxy) is 2. The van der Waals surface area contributed by atoms with E-state index in [0.29, 0.717) is 17.3 Å². The van der Waals surface area contributed by atoms with Gasteiger partial charge in [0.2, 0.25) is 0 Å². The van der Waals surface area contributed by atoms with Crippen LogP contribution in [0.15, 0.2) is 29.8 Å². The topological polar surface area (TPSA) is 77.1 Å². The van der Waals surface area contributed by atoms with E-state index in [1.165, 1.54) is 13.2 Å². The molecule has 0 radical (unpaired) electrons. The molecule has 1 aromatic heterocycles. The second kappa shape index (κ2) is 9.18. The molecule has 1 aromatic carbocycles. The zero-order valence-electron chi connectivity index (χ0n) is 15.0. The maximum absolute atomic E-state index is 12.0. The van der Waals surface area contributed by atoms with Gasteiger partial charge in [-0.3, -0.25) is 4.68 Å². The number of esters is 1. The molecule has 0 atom stereocenters. The summed E-state index contributed by atoms with van der Waals surface area (Å²) in [4.78, 5) is 12.0. The molecule has 0 bridgehead atoms. The van der Waals surface area contributed by atoms with Crippen LogP contribution in [0.3, 0.4) is 0 Å². The maximum atomic E-state index is 12.0. The Bertz CT molecular complexity index is 865. The Morgan fingerprint density at radius 3 is 2.73 bits per heavy atom. The van der Waals surface area contributed by atoms with Crippen LogP contribution in [-0.2, 0) is 20.8 Å². The van der Waals surface area contributed by atoms with Gasteiger partial charge in [0.1, 0.15) is 18.2 Å². The van der Waals surface area contributed by atoms with Crippen molar-refractivity contribution in [2.45, 2.75) is 20.4 Å². The summed E-state index contributed by atoms with van der Waals surface area (Å²) < 4.78 is 11.6. The molecule has 0 fully saturated rings. The zero-order valence-corrected chi connectivity index (χ0v) is 15.7. The van der Waals surface area contributed by atoms with E-state index < -0.39 is 5.97 Å². The Morgan fingerprint density at radius 2 is 2.08 bits per heavy atom. The third-order valence-electron chi connectivity index (χ3n) is 3.87. The van der Waals surface area contributed by atoms with Crippen LogP contribution in [0.25, 0.3) is 6.08 Å². The molecule has 0 aliphatic heterocycles. The van der Waals surface area contributed by atoms with Gasteiger partial charge in [-0.15, -0.1) is 0 Å². The molecule has 6 nitrogen and oxygen atoms in total. The summed E-state index contributed by atoms with van der Waals surface area (Å²) in [6, 6.07) is 9.43. The summed E-state index contributed by atoms with van der Waals surface area (Å²) in [5.74, 6) is -0.679. The van der Waals surface area contributed by atoms with Gasteiger partial charge in [0, 0.05) is 23.4 Å². The quantitative estimate of drug-likeness (QED) is 0.322. The van der Waals surface area contributed by atoms with E-state index in [2.05, 4.69) is 5.10 Å². The van der Waals surface area contributed by atoms with Gasteiger partial charge >= 0.3 is 5.97 Å². The smallest absolute Gasteiger partial charge is 0.348 e. The van der Waals surface area contributed by atoms with E-state index >= 15 is 0 Å². The summed E-state index contributed by atoms with van der Waals surface area (Å²) in [6.07, 6.45) is 1.51. The van der Waals surface area contributed by atoms with Crippen LogP contribution in [0.2, 0.25) is 5.02 Å². The molecule has 136 valence electrons. The van der Waals surface area contributed by atoms with E-state index in [0.717, 1.165) is 16.8 Å². The minimum absolute atomic E-state index is 0.0791. The van der Waals surface area contributed by atoms with Crippen molar-refractivity contribution in [3.63, 3.8) is 0 Å². The molecule has 0 aliphatic carbocycles. The van der Waals surface area contributed by atoms with Crippen molar-refractivity contribution in [1.29, 1.82) is 5.26 Å². The molecule has 0 aliphatic rings. The maximum Gasteiger partial charge on any atom is 0.348 e. The van der Waals surface area contributed by atoms with E-state index in [1.807, 2.05) is 44.2 Å². The number of carbonyl (C=O) groups is 1. The number of halogens is 1. The van der Waals surface area contributed by atoms with E-state index in [4.69, 9.17) is 21.1 Å². The van der Waals surface area contributed by atoms with Crippen molar-refractivity contribution in [1.82, 2.24) is 9.78 Å². The number of nitrogens with zero attached hydrogens (tertiary/aromatic N) is 3. The van der Waals surface area contributed by atoms with Crippen molar-refractivity contribution in [3.05, 3.63) is 57.4 Å². The van der Waals surface area contributed by atoms with E-state index in [1.54, 1.807) is 4.68 Å². The van der Waals surface area contributed by atoms with Crippen LogP contribution in [0.5, 0.6) is 0 Å². The van der Waals surface area contributed by atoms with Crippen molar-refractivity contribution in [2.24, 2.45) is 0 Å². The summed E-state index contributed by atoms with van der Waals surface area (Å²) in [6.45, 7) is 4.58. The van der Waals surface area contributed by atoms with Crippen LogP contribution in [0.4, 0.5) is 0 Å². The monoisotopic (exact) mass is 373 g/mol.